The van der Waals surface area contributed by atoms with Crippen LogP contribution >= 0.6 is 30.1 Å². The molecule has 12 heavy (non-hydrogen) atoms. The molecule has 0 bridgehead atoms. The van der Waals surface area contributed by atoms with Gasteiger partial charge in [-0.25, -0.2) is 4.79 Å². The van der Waals surface area contributed by atoms with Crippen molar-refractivity contribution in [2.24, 2.45) is 0 Å². The number of rotatable bonds is 2. The molecule has 0 heterocycles. The normalized spacial score (nSPS) is 9.42. The van der Waals surface area contributed by atoms with Gasteiger partial charge in [0.15, 0.2) is 0 Å². The van der Waals surface area contributed by atoms with E-state index in [2.05, 4.69) is 0 Å². The van der Waals surface area contributed by atoms with Crippen molar-refractivity contribution in [1.82, 2.24) is 0 Å². The lowest BCUT2D eigenvalue weighted by molar-refractivity contribution is 0.169. The molecule has 64 valence electrons. The van der Waals surface area contributed by atoms with Crippen molar-refractivity contribution in [1.29, 1.82) is 0 Å². The summed E-state index contributed by atoms with van der Waals surface area (Å²) in [6, 6.07) is 9.61. The molecule has 2 nitrogen and oxygen atoms in total. The van der Waals surface area contributed by atoms with Gasteiger partial charge in [-0.05, 0) is 5.56 Å². The molecule has 1 rings (SSSR count). The zero-order valence-corrected chi connectivity index (χ0v) is 9.17. The Kier molecular flexibility index (Phi) is 4.45. The van der Waals surface area contributed by atoms with Crippen molar-refractivity contribution in [2.45, 2.75) is 6.61 Å². The van der Waals surface area contributed by atoms with Gasteiger partial charge in [-0.1, -0.05) is 30.3 Å². The molecule has 1 aromatic carbocycles. The van der Waals surface area contributed by atoms with E-state index in [1.807, 2.05) is 51.5 Å². The number of hydrogen-bond acceptors (Lipinski definition) is 3. The van der Waals surface area contributed by atoms with Crippen LogP contribution in [0.2, 0.25) is 0 Å². The van der Waals surface area contributed by atoms with Crippen LogP contribution in [0.15, 0.2) is 30.3 Å². The van der Waals surface area contributed by atoms with E-state index >= 15 is 0 Å². The predicted octanol–water partition coefficient (Wildman–Crippen LogP) is 3.41. The highest BCUT2D eigenvalue weighted by Gasteiger charge is 1.99. The monoisotopic (exact) mass is 294 g/mol. The molecule has 0 unspecified atom stereocenters. The summed E-state index contributed by atoms with van der Waals surface area (Å²) in [7, 11) is 1.05. The van der Waals surface area contributed by atoms with Gasteiger partial charge in [0.1, 0.15) is 6.61 Å². The Labute approximate surface area is 87.3 Å². The molecule has 0 aliphatic rings. The smallest absolute Gasteiger partial charge is 0.377 e. The van der Waals surface area contributed by atoms with Crippen LogP contribution in [0.3, 0.4) is 0 Å². The van der Waals surface area contributed by atoms with E-state index in [0.717, 1.165) is 14.5 Å². The van der Waals surface area contributed by atoms with Crippen LogP contribution in [-0.4, -0.2) is 5.30 Å². The molecule has 0 aromatic heterocycles. The molecule has 0 N–H and O–H groups in total. The first-order chi connectivity index (χ1) is 5.83. The van der Waals surface area contributed by atoms with E-state index < -0.39 is 0 Å². The lowest BCUT2D eigenvalue weighted by Crippen LogP contribution is -1.95. The SMILES string of the molecule is O=C(OCc1ccccc1)SI. The van der Waals surface area contributed by atoms with Gasteiger partial charge in [-0.2, -0.15) is 0 Å². The van der Waals surface area contributed by atoms with E-state index in [9.17, 15) is 4.79 Å². The number of carbonyl (C=O) groups excluding carboxylic acids is 1. The second-order valence-electron chi connectivity index (χ2n) is 2.10. The topological polar surface area (TPSA) is 26.3 Å². The van der Waals surface area contributed by atoms with Crippen LogP contribution in [0.4, 0.5) is 4.79 Å². The molecule has 0 atom stereocenters. The van der Waals surface area contributed by atoms with Crippen LogP contribution in [0.25, 0.3) is 0 Å². The molecule has 0 aliphatic heterocycles. The van der Waals surface area contributed by atoms with Crippen molar-refractivity contribution in [3.63, 3.8) is 0 Å². The molecule has 0 saturated heterocycles. The lowest BCUT2D eigenvalue weighted by atomic mass is 10.2. The highest BCUT2D eigenvalue weighted by Crippen LogP contribution is 2.15. The van der Waals surface area contributed by atoms with Crippen LogP contribution in [0.1, 0.15) is 5.56 Å². The average Bonchev–Trinajstić information content (AvgIpc) is 2.16. The van der Waals surface area contributed by atoms with Crippen LogP contribution in [-0.2, 0) is 11.3 Å². The molecule has 0 fully saturated rings. The van der Waals surface area contributed by atoms with E-state index in [0.29, 0.717) is 6.61 Å². The van der Waals surface area contributed by atoms with Gasteiger partial charge in [-0.3, -0.25) is 0 Å². The molecular weight excluding hydrogens is 287 g/mol. The first-order valence-corrected chi connectivity index (χ1v) is 6.68. The molecule has 4 heteroatoms. The summed E-state index contributed by atoms with van der Waals surface area (Å²) in [5, 5.41) is -0.251. The number of carbonyl (C=O) groups is 1. The second-order valence-corrected chi connectivity index (χ2v) is 3.91. The lowest BCUT2D eigenvalue weighted by Gasteiger charge is -2.00. The highest BCUT2D eigenvalue weighted by molar-refractivity contribution is 14.2. The van der Waals surface area contributed by atoms with Crippen molar-refractivity contribution < 1.29 is 9.53 Å². The van der Waals surface area contributed by atoms with Crippen molar-refractivity contribution >= 4 is 35.4 Å². The molecule has 0 spiro atoms. The predicted molar refractivity (Wildman–Crippen MR) is 58.2 cm³/mol. The Morgan fingerprint density at radius 3 is 2.67 bits per heavy atom. The molecule has 0 amide bonds. The minimum Gasteiger partial charge on any atom is -0.452 e. The van der Waals surface area contributed by atoms with Gasteiger partial charge in [0.2, 0.25) is 0 Å². The van der Waals surface area contributed by atoms with E-state index in [1.54, 1.807) is 0 Å². The number of hydrogen-bond donors (Lipinski definition) is 0. The summed E-state index contributed by atoms with van der Waals surface area (Å²) in [5.41, 5.74) is 1.01. The zero-order valence-electron chi connectivity index (χ0n) is 6.20. The summed E-state index contributed by atoms with van der Waals surface area (Å²) in [4.78, 5) is 10.7. The minimum atomic E-state index is -0.251. The Morgan fingerprint density at radius 2 is 2.08 bits per heavy atom. The first-order valence-electron chi connectivity index (χ1n) is 3.32. The fourth-order valence-corrected chi connectivity index (χ4v) is 1.22. The Bertz CT molecular complexity index is 250. The largest absolute Gasteiger partial charge is 0.452 e. The Balaban J connectivity index is 2.38. The summed E-state index contributed by atoms with van der Waals surface area (Å²) in [6.07, 6.45) is 0. The number of halogens is 1. The number of benzene rings is 1. The molecular formula is C8H7IO2S. The van der Waals surface area contributed by atoms with Gasteiger partial charge in [0, 0.05) is 30.1 Å². The Hall–Kier alpha value is -0.230. The highest BCUT2D eigenvalue weighted by atomic mass is 127. The fraction of sp³-hybridized carbons (Fsp3) is 0.125. The van der Waals surface area contributed by atoms with E-state index in [4.69, 9.17) is 4.74 Å². The quantitative estimate of drug-likeness (QED) is 0.617. The van der Waals surface area contributed by atoms with Gasteiger partial charge >= 0.3 is 5.30 Å². The summed E-state index contributed by atoms with van der Waals surface area (Å²) in [6.45, 7) is 0.357. The third-order valence-corrected chi connectivity index (χ3v) is 2.59. The van der Waals surface area contributed by atoms with Gasteiger partial charge < -0.3 is 4.74 Å². The van der Waals surface area contributed by atoms with Crippen molar-refractivity contribution in [2.75, 3.05) is 0 Å². The maximum absolute atomic E-state index is 10.7. The zero-order chi connectivity index (χ0) is 8.81. The molecule has 0 aliphatic carbocycles. The van der Waals surface area contributed by atoms with Gasteiger partial charge in [-0.15, -0.1) is 0 Å². The fourth-order valence-electron chi connectivity index (χ4n) is 0.739. The van der Waals surface area contributed by atoms with Gasteiger partial charge in [0.05, 0.1) is 0 Å². The summed E-state index contributed by atoms with van der Waals surface area (Å²) >= 11 is 1.90. The summed E-state index contributed by atoms with van der Waals surface area (Å²) < 4.78 is 4.89. The van der Waals surface area contributed by atoms with Gasteiger partial charge in [0.25, 0.3) is 0 Å². The maximum Gasteiger partial charge on any atom is 0.377 e. The maximum atomic E-state index is 10.7. The Morgan fingerprint density at radius 1 is 1.42 bits per heavy atom. The van der Waals surface area contributed by atoms with E-state index in [-0.39, 0.29) is 5.30 Å². The molecule has 0 radical (unpaired) electrons. The van der Waals surface area contributed by atoms with Crippen LogP contribution < -0.4 is 0 Å². The average molecular weight is 294 g/mol. The standard InChI is InChI=1S/C8H7IO2S/c9-12-8(10)11-6-7-4-2-1-3-5-7/h1-5H,6H2. The van der Waals surface area contributed by atoms with Crippen LogP contribution in [0, 0.1) is 0 Å². The van der Waals surface area contributed by atoms with E-state index in [1.165, 1.54) is 0 Å². The number of ether oxygens (including phenoxy) is 1. The van der Waals surface area contributed by atoms with Crippen LogP contribution in [0.5, 0.6) is 0 Å². The van der Waals surface area contributed by atoms with Crippen molar-refractivity contribution in [3.05, 3.63) is 35.9 Å². The summed E-state index contributed by atoms with van der Waals surface area (Å²) in [5.74, 6) is 0. The third-order valence-electron chi connectivity index (χ3n) is 1.26. The minimum absolute atomic E-state index is 0.251. The molecule has 0 saturated carbocycles. The second kappa shape index (κ2) is 5.42. The molecule has 1 aromatic rings. The van der Waals surface area contributed by atoms with Crippen molar-refractivity contribution in [3.8, 4) is 0 Å². The third kappa shape index (κ3) is 3.44. The first kappa shape index (κ1) is 9.85.